The topological polar surface area (TPSA) is 64.5 Å². The summed E-state index contributed by atoms with van der Waals surface area (Å²) >= 11 is 0. The van der Waals surface area contributed by atoms with Crippen molar-refractivity contribution in [2.24, 2.45) is 5.92 Å². The van der Waals surface area contributed by atoms with E-state index in [4.69, 9.17) is 9.47 Å². The van der Waals surface area contributed by atoms with E-state index in [0.29, 0.717) is 25.6 Å². The Morgan fingerprint density at radius 1 is 1.14 bits per heavy atom. The van der Waals surface area contributed by atoms with Crippen molar-refractivity contribution in [1.82, 2.24) is 14.9 Å². The first-order valence-corrected chi connectivity index (χ1v) is 10.1. The number of ether oxygens (including phenoxy) is 2. The quantitative estimate of drug-likeness (QED) is 0.809. The van der Waals surface area contributed by atoms with E-state index in [9.17, 15) is 4.79 Å². The maximum absolute atomic E-state index is 12.8. The van der Waals surface area contributed by atoms with Crippen molar-refractivity contribution in [1.29, 1.82) is 0 Å². The van der Waals surface area contributed by atoms with Gasteiger partial charge in [-0.2, -0.15) is 4.98 Å². The van der Waals surface area contributed by atoms with E-state index in [1.165, 1.54) is 0 Å². The molecule has 1 amide bonds. The maximum atomic E-state index is 12.8. The fraction of sp³-hybridized carbons (Fsp3) is 0.500. The Morgan fingerprint density at radius 3 is 2.71 bits per heavy atom. The first-order valence-electron chi connectivity index (χ1n) is 10.1. The molecule has 2 aromatic rings. The molecule has 1 atom stereocenters. The lowest BCUT2D eigenvalue weighted by Gasteiger charge is -2.26. The predicted octanol–water partition coefficient (Wildman–Crippen LogP) is 3.63. The molecule has 2 aliphatic heterocycles. The summed E-state index contributed by atoms with van der Waals surface area (Å²) in [6.07, 6.45) is 2.55. The molecule has 4 rings (SSSR count). The third kappa shape index (κ3) is 4.17. The number of hydrogen-bond acceptors (Lipinski definition) is 5. The maximum Gasteiger partial charge on any atom is 0.225 e. The molecule has 148 valence electrons. The van der Waals surface area contributed by atoms with Crippen LogP contribution in [0.3, 0.4) is 0 Å². The Morgan fingerprint density at radius 2 is 1.93 bits per heavy atom. The summed E-state index contributed by atoms with van der Waals surface area (Å²) in [5.41, 5.74) is 1.94. The Hall–Kier alpha value is -2.47. The van der Waals surface area contributed by atoms with Crippen LogP contribution in [0.5, 0.6) is 11.6 Å². The Bertz CT molecular complexity index is 849. The van der Waals surface area contributed by atoms with Crippen LogP contribution in [0.2, 0.25) is 0 Å². The summed E-state index contributed by atoms with van der Waals surface area (Å²) in [7, 11) is 0. The molecule has 0 spiro atoms. The van der Waals surface area contributed by atoms with Crippen LogP contribution >= 0.6 is 0 Å². The van der Waals surface area contributed by atoms with Gasteiger partial charge < -0.3 is 14.4 Å². The van der Waals surface area contributed by atoms with E-state index in [2.05, 4.69) is 9.97 Å². The van der Waals surface area contributed by atoms with Gasteiger partial charge in [0.2, 0.25) is 11.8 Å². The van der Waals surface area contributed by atoms with Crippen molar-refractivity contribution in [3.05, 3.63) is 47.4 Å². The smallest absolute Gasteiger partial charge is 0.225 e. The van der Waals surface area contributed by atoms with Gasteiger partial charge in [-0.15, -0.1) is 0 Å². The lowest BCUT2D eigenvalue weighted by atomic mass is 9.99. The first kappa shape index (κ1) is 18.9. The van der Waals surface area contributed by atoms with Crippen LogP contribution in [0, 0.1) is 19.8 Å². The number of benzene rings is 1. The molecular formula is C22H27N3O3. The summed E-state index contributed by atoms with van der Waals surface area (Å²) in [5, 5.41) is 0. The second-order valence-electron chi connectivity index (χ2n) is 7.73. The molecular weight excluding hydrogens is 354 g/mol. The van der Waals surface area contributed by atoms with Gasteiger partial charge in [0.25, 0.3) is 0 Å². The third-order valence-electron chi connectivity index (χ3n) is 5.59. The van der Waals surface area contributed by atoms with Crippen LogP contribution in [0.4, 0.5) is 0 Å². The number of hydrogen-bond donors (Lipinski definition) is 0. The van der Waals surface area contributed by atoms with Crippen LogP contribution in [-0.4, -0.2) is 47.1 Å². The molecule has 2 saturated heterocycles. The van der Waals surface area contributed by atoms with Crippen molar-refractivity contribution < 1.29 is 14.3 Å². The number of aromatic nitrogens is 2. The molecule has 1 unspecified atom stereocenters. The summed E-state index contributed by atoms with van der Waals surface area (Å²) in [4.78, 5) is 24.1. The zero-order valence-electron chi connectivity index (χ0n) is 16.6. The zero-order valence-corrected chi connectivity index (χ0v) is 16.6. The number of nitrogens with zero attached hydrogens (tertiary/aromatic N) is 3. The van der Waals surface area contributed by atoms with Gasteiger partial charge in [0.1, 0.15) is 11.6 Å². The fourth-order valence-electron chi connectivity index (χ4n) is 3.95. The van der Waals surface area contributed by atoms with Gasteiger partial charge in [-0.05, 0) is 44.7 Å². The number of likely N-dealkylation sites (tertiary alicyclic amines) is 1. The molecule has 3 heterocycles. The SMILES string of the molecule is Cc1cc(Oc2ccccc2C)nc(C2CCN(C(=O)C3CCOCC3)C2)n1. The lowest BCUT2D eigenvalue weighted by molar-refractivity contribution is -0.137. The van der Waals surface area contributed by atoms with Crippen molar-refractivity contribution in [3.63, 3.8) is 0 Å². The van der Waals surface area contributed by atoms with Crippen molar-refractivity contribution in [3.8, 4) is 11.6 Å². The largest absolute Gasteiger partial charge is 0.439 e. The van der Waals surface area contributed by atoms with Gasteiger partial charge in [0, 0.05) is 49.9 Å². The van der Waals surface area contributed by atoms with Gasteiger partial charge >= 0.3 is 0 Å². The Balaban J connectivity index is 1.46. The number of carbonyl (C=O) groups is 1. The molecule has 1 aromatic carbocycles. The molecule has 0 bridgehead atoms. The zero-order chi connectivity index (χ0) is 19.5. The van der Waals surface area contributed by atoms with Crippen LogP contribution in [0.1, 0.15) is 42.3 Å². The monoisotopic (exact) mass is 381 g/mol. The highest BCUT2D eigenvalue weighted by atomic mass is 16.5. The number of carbonyl (C=O) groups excluding carboxylic acids is 1. The summed E-state index contributed by atoms with van der Waals surface area (Å²) in [6.45, 7) is 6.80. The van der Waals surface area contributed by atoms with Crippen molar-refractivity contribution in [2.45, 2.75) is 39.0 Å². The average Bonchev–Trinajstić information content (AvgIpc) is 3.20. The molecule has 6 heteroatoms. The highest BCUT2D eigenvalue weighted by Crippen LogP contribution is 2.30. The van der Waals surface area contributed by atoms with E-state index >= 15 is 0 Å². The Labute approximate surface area is 165 Å². The minimum atomic E-state index is 0.103. The minimum absolute atomic E-state index is 0.103. The van der Waals surface area contributed by atoms with Crippen LogP contribution in [0.25, 0.3) is 0 Å². The molecule has 0 saturated carbocycles. The highest BCUT2D eigenvalue weighted by molar-refractivity contribution is 5.79. The molecule has 0 aliphatic carbocycles. The van der Waals surface area contributed by atoms with Gasteiger partial charge in [-0.3, -0.25) is 4.79 Å². The molecule has 2 fully saturated rings. The molecule has 28 heavy (non-hydrogen) atoms. The van der Waals surface area contributed by atoms with Crippen molar-refractivity contribution >= 4 is 5.91 Å². The summed E-state index contributed by atoms with van der Waals surface area (Å²) in [5.74, 6) is 2.65. The second-order valence-corrected chi connectivity index (χ2v) is 7.73. The molecule has 0 radical (unpaired) electrons. The van der Waals surface area contributed by atoms with Gasteiger partial charge in [-0.1, -0.05) is 18.2 Å². The summed E-state index contributed by atoms with van der Waals surface area (Å²) < 4.78 is 11.4. The highest BCUT2D eigenvalue weighted by Gasteiger charge is 2.33. The van der Waals surface area contributed by atoms with E-state index in [0.717, 1.165) is 48.6 Å². The van der Waals surface area contributed by atoms with Crippen LogP contribution in [0.15, 0.2) is 30.3 Å². The van der Waals surface area contributed by atoms with Gasteiger partial charge in [0.05, 0.1) is 0 Å². The van der Waals surface area contributed by atoms with E-state index in [-0.39, 0.29) is 17.7 Å². The van der Waals surface area contributed by atoms with E-state index < -0.39 is 0 Å². The third-order valence-corrected chi connectivity index (χ3v) is 5.59. The second kappa shape index (κ2) is 8.27. The van der Waals surface area contributed by atoms with E-state index in [1.54, 1.807) is 0 Å². The number of aryl methyl sites for hydroxylation is 2. The number of amides is 1. The minimum Gasteiger partial charge on any atom is -0.439 e. The normalized spacial score (nSPS) is 20.4. The Kier molecular flexibility index (Phi) is 5.57. The van der Waals surface area contributed by atoms with Crippen LogP contribution in [-0.2, 0) is 9.53 Å². The van der Waals surface area contributed by atoms with E-state index in [1.807, 2.05) is 49.1 Å². The van der Waals surface area contributed by atoms with Crippen molar-refractivity contribution in [2.75, 3.05) is 26.3 Å². The predicted molar refractivity (Wildman–Crippen MR) is 106 cm³/mol. The number of rotatable bonds is 4. The summed E-state index contributed by atoms with van der Waals surface area (Å²) in [6, 6.07) is 9.75. The fourth-order valence-corrected chi connectivity index (χ4v) is 3.95. The molecule has 1 aromatic heterocycles. The van der Waals surface area contributed by atoms with Gasteiger partial charge in [-0.25, -0.2) is 4.98 Å². The van der Waals surface area contributed by atoms with Crippen LogP contribution < -0.4 is 4.74 Å². The molecule has 6 nitrogen and oxygen atoms in total. The first-order chi connectivity index (χ1) is 13.6. The van der Waals surface area contributed by atoms with Gasteiger partial charge in [0.15, 0.2) is 0 Å². The lowest BCUT2D eigenvalue weighted by Crippen LogP contribution is -2.37. The molecule has 0 N–H and O–H groups in total. The standard InChI is InChI=1S/C22H27N3O3/c1-15-5-3-4-6-19(15)28-20-13-16(2)23-21(24-20)18-7-10-25(14-18)22(26)17-8-11-27-12-9-17/h3-6,13,17-18H,7-12,14H2,1-2H3. The average molecular weight is 381 g/mol. The number of para-hydroxylation sites is 1. The molecule has 2 aliphatic rings.